The number of pyridine rings is 1. The number of aromatic nitrogens is 1. The fraction of sp³-hybridized carbons (Fsp3) is 0.172. The van der Waals surface area contributed by atoms with E-state index in [0.717, 1.165) is 16.5 Å². The highest BCUT2D eigenvalue weighted by Gasteiger charge is 2.35. The highest BCUT2D eigenvalue weighted by atomic mass is 35.5. The van der Waals surface area contributed by atoms with Gasteiger partial charge in [0.05, 0.1) is 30.8 Å². The number of hydrogen-bond donors (Lipinski definition) is 2. The molecule has 2 N–H and O–H groups in total. The summed E-state index contributed by atoms with van der Waals surface area (Å²) in [4.78, 5) is 40.8. The van der Waals surface area contributed by atoms with Gasteiger partial charge in [0.25, 0.3) is 5.56 Å². The first-order valence-electron chi connectivity index (χ1n) is 12.0. The maximum absolute atomic E-state index is 13.6. The number of ether oxygens (including phenoxy) is 1. The van der Waals surface area contributed by atoms with Crippen LogP contribution in [0, 0.1) is 0 Å². The first-order valence-corrected chi connectivity index (χ1v) is 12.4. The standard InChI is InChI=1S/C29H24ClN3O5/c1-38-20-6-4-5-18(15-20)24-16-23(32-33(24)25(34)13-14-26(35)36)28-27(17-9-11-19(30)12-10-17)21-7-2-3-8-22(21)31-29(28)37/h2-12,15,24H,13-14,16H2,1H3,(H,31,37)(H,35,36)/t24-/m1/s1. The Bertz CT molecular complexity index is 1630. The molecule has 4 aromatic rings. The number of nitrogens with zero attached hydrogens (tertiary/aromatic N) is 2. The van der Waals surface area contributed by atoms with E-state index >= 15 is 0 Å². The van der Waals surface area contributed by atoms with Crippen molar-refractivity contribution in [2.24, 2.45) is 5.10 Å². The molecule has 192 valence electrons. The number of hydrazone groups is 1. The van der Waals surface area contributed by atoms with Gasteiger partial charge in [0.1, 0.15) is 5.75 Å². The summed E-state index contributed by atoms with van der Waals surface area (Å²) in [6, 6.07) is 21.4. The largest absolute Gasteiger partial charge is 0.497 e. The Morgan fingerprint density at radius 2 is 1.82 bits per heavy atom. The second kappa shape index (κ2) is 10.5. The molecule has 0 radical (unpaired) electrons. The number of carbonyl (C=O) groups excluding carboxylic acids is 1. The van der Waals surface area contributed by atoms with Crippen molar-refractivity contribution in [2.75, 3.05) is 7.11 Å². The number of para-hydroxylation sites is 1. The average molecular weight is 530 g/mol. The van der Waals surface area contributed by atoms with Gasteiger partial charge in [0.2, 0.25) is 5.91 Å². The van der Waals surface area contributed by atoms with Crippen LogP contribution in [0.5, 0.6) is 5.75 Å². The molecule has 0 bridgehead atoms. The van der Waals surface area contributed by atoms with E-state index in [9.17, 15) is 14.4 Å². The number of amides is 1. The Balaban J connectivity index is 1.68. The van der Waals surface area contributed by atoms with Crippen molar-refractivity contribution in [3.8, 4) is 16.9 Å². The fourth-order valence-corrected chi connectivity index (χ4v) is 4.89. The number of methoxy groups -OCH3 is 1. The zero-order valence-corrected chi connectivity index (χ0v) is 21.2. The summed E-state index contributed by atoms with van der Waals surface area (Å²) in [6.45, 7) is 0. The molecule has 0 spiro atoms. The Hall–Kier alpha value is -4.43. The van der Waals surface area contributed by atoms with Gasteiger partial charge in [-0.2, -0.15) is 5.10 Å². The Labute approximate surface area is 223 Å². The monoisotopic (exact) mass is 529 g/mol. The molecule has 38 heavy (non-hydrogen) atoms. The topological polar surface area (TPSA) is 112 Å². The average Bonchev–Trinajstić information content (AvgIpc) is 3.36. The molecule has 1 atom stereocenters. The van der Waals surface area contributed by atoms with E-state index in [-0.39, 0.29) is 24.8 Å². The van der Waals surface area contributed by atoms with E-state index in [0.29, 0.717) is 33.1 Å². The van der Waals surface area contributed by atoms with Crippen molar-refractivity contribution < 1.29 is 19.4 Å². The summed E-state index contributed by atoms with van der Waals surface area (Å²) < 4.78 is 5.37. The third kappa shape index (κ3) is 4.90. The lowest BCUT2D eigenvalue weighted by molar-refractivity contribution is -0.141. The number of aliphatic carboxylic acids is 1. The van der Waals surface area contributed by atoms with Gasteiger partial charge in [-0.15, -0.1) is 0 Å². The Morgan fingerprint density at radius 1 is 1.05 bits per heavy atom. The first-order chi connectivity index (χ1) is 18.4. The predicted octanol–water partition coefficient (Wildman–Crippen LogP) is 5.40. The molecule has 0 unspecified atom stereocenters. The van der Waals surface area contributed by atoms with Crippen molar-refractivity contribution in [3.63, 3.8) is 0 Å². The van der Waals surface area contributed by atoms with Crippen LogP contribution in [0.15, 0.2) is 82.7 Å². The number of hydrogen-bond acceptors (Lipinski definition) is 5. The lowest BCUT2D eigenvalue weighted by Crippen LogP contribution is -2.27. The lowest BCUT2D eigenvalue weighted by atomic mass is 9.91. The van der Waals surface area contributed by atoms with E-state index < -0.39 is 17.9 Å². The summed E-state index contributed by atoms with van der Waals surface area (Å²) in [5, 5.41) is 16.5. The molecule has 3 aromatic carbocycles. The first kappa shape index (κ1) is 25.2. The van der Waals surface area contributed by atoms with Gasteiger partial charge in [0, 0.05) is 34.3 Å². The van der Waals surface area contributed by atoms with Gasteiger partial charge in [-0.05, 0) is 41.5 Å². The number of carbonyl (C=O) groups is 2. The molecule has 9 heteroatoms. The molecular formula is C29H24ClN3O5. The number of fused-ring (bicyclic) bond motifs is 1. The van der Waals surface area contributed by atoms with Gasteiger partial charge in [-0.3, -0.25) is 14.4 Å². The Kier molecular flexibility index (Phi) is 6.98. The summed E-state index contributed by atoms with van der Waals surface area (Å²) >= 11 is 6.15. The summed E-state index contributed by atoms with van der Waals surface area (Å²) in [5.41, 5.74) is 3.34. The number of carboxylic acids is 1. The van der Waals surface area contributed by atoms with Crippen LogP contribution in [0.1, 0.15) is 36.4 Å². The molecule has 1 aliphatic heterocycles. The number of rotatable bonds is 7. The summed E-state index contributed by atoms with van der Waals surface area (Å²) in [7, 11) is 1.55. The highest BCUT2D eigenvalue weighted by Crippen LogP contribution is 2.38. The van der Waals surface area contributed by atoms with Gasteiger partial charge in [-0.25, -0.2) is 5.01 Å². The maximum Gasteiger partial charge on any atom is 0.303 e. The molecule has 0 fully saturated rings. The molecule has 8 nitrogen and oxygen atoms in total. The van der Waals surface area contributed by atoms with Gasteiger partial charge in [-0.1, -0.05) is 54.1 Å². The SMILES string of the molecule is COc1cccc([C@H]2CC(c3c(-c4ccc(Cl)cc4)c4ccccc4[nH]c3=O)=NN2C(=O)CCC(=O)O)c1. The number of nitrogens with one attached hydrogen (secondary N) is 1. The molecular weight excluding hydrogens is 506 g/mol. The van der Waals surface area contributed by atoms with Crippen LogP contribution in [-0.2, 0) is 9.59 Å². The third-order valence-electron chi connectivity index (χ3n) is 6.54. The minimum absolute atomic E-state index is 0.218. The van der Waals surface area contributed by atoms with E-state index in [4.69, 9.17) is 21.4 Å². The number of carboxylic acid groups (broad SMARTS) is 1. The quantitative estimate of drug-likeness (QED) is 0.333. The van der Waals surface area contributed by atoms with Crippen molar-refractivity contribution in [1.29, 1.82) is 0 Å². The molecule has 0 aliphatic carbocycles. The number of benzene rings is 3. The van der Waals surface area contributed by atoms with E-state index in [1.165, 1.54) is 5.01 Å². The zero-order chi connectivity index (χ0) is 26.8. The van der Waals surface area contributed by atoms with Crippen LogP contribution < -0.4 is 10.3 Å². The second-order valence-electron chi connectivity index (χ2n) is 8.93. The van der Waals surface area contributed by atoms with Crippen LogP contribution >= 0.6 is 11.6 Å². The summed E-state index contributed by atoms with van der Waals surface area (Å²) in [5.74, 6) is -0.907. The summed E-state index contributed by atoms with van der Waals surface area (Å²) in [6.07, 6.45) is -0.281. The van der Waals surface area contributed by atoms with Crippen LogP contribution in [0.4, 0.5) is 0 Å². The zero-order valence-electron chi connectivity index (χ0n) is 20.5. The van der Waals surface area contributed by atoms with Crippen molar-refractivity contribution >= 4 is 40.1 Å². The van der Waals surface area contributed by atoms with E-state index in [2.05, 4.69) is 10.1 Å². The van der Waals surface area contributed by atoms with E-state index in [1.807, 2.05) is 54.6 Å². The van der Waals surface area contributed by atoms with Crippen molar-refractivity contribution in [2.45, 2.75) is 25.3 Å². The van der Waals surface area contributed by atoms with Crippen molar-refractivity contribution in [3.05, 3.63) is 99.3 Å². The predicted molar refractivity (Wildman–Crippen MR) is 146 cm³/mol. The molecule has 1 aliphatic rings. The minimum atomic E-state index is -1.07. The lowest BCUT2D eigenvalue weighted by Gasteiger charge is -2.22. The van der Waals surface area contributed by atoms with Crippen LogP contribution in [0.2, 0.25) is 5.02 Å². The number of aromatic amines is 1. The molecule has 1 aromatic heterocycles. The maximum atomic E-state index is 13.6. The molecule has 5 rings (SSSR count). The normalized spacial score (nSPS) is 14.9. The van der Waals surface area contributed by atoms with Crippen LogP contribution in [0.3, 0.4) is 0 Å². The minimum Gasteiger partial charge on any atom is -0.497 e. The van der Waals surface area contributed by atoms with Gasteiger partial charge >= 0.3 is 5.97 Å². The smallest absolute Gasteiger partial charge is 0.303 e. The highest BCUT2D eigenvalue weighted by molar-refractivity contribution is 6.30. The van der Waals surface area contributed by atoms with Crippen LogP contribution in [0.25, 0.3) is 22.0 Å². The van der Waals surface area contributed by atoms with Gasteiger partial charge in [0.15, 0.2) is 0 Å². The fourth-order valence-electron chi connectivity index (χ4n) is 4.76. The molecule has 1 amide bonds. The number of H-pyrrole nitrogens is 1. The third-order valence-corrected chi connectivity index (χ3v) is 6.79. The molecule has 0 saturated heterocycles. The van der Waals surface area contributed by atoms with E-state index in [1.54, 1.807) is 25.3 Å². The second-order valence-corrected chi connectivity index (χ2v) is 9.37. The van der Waals surface area contributed by atoms with Crippen LogP contribution in [-0.4, -0.2) is 39.8 Å². The van der Waals surface area contributed by atoms with Crippen molar-refractivity contribution in [1.82, 2.24) is 9.99 Å². The molecule has 2 heterocycles. The molecule has 0 saturated carbocycles. The number of halogens is 1. The van der Waals surface area contributed by atoms with Gasteiger partial charge < -0.3 is 14.8 Å². The Morgan fingerprint density at radius 3 is 2.55 bits per heavy atom.